The van der Waals surface area contributed by atoms with E-state index in [0.717, 1.165) is 0 Å². The molecule has 0 saturated carbocycles. The van der Waals surface area contributed by atoms with E-state index in [0.29, 0.717) is 39.7 Å². The summed E-state index contributed by atoms with van der Waals surface area (Å²) in [6.45, 7) is 1.75. The van der Waals surface area contributed by atoms with Crippen LogP contribution < -0.4 is 15.4 Å². The predicted octanol–water partition coefficient (Wildman–Crippen LogP) is 2.72. The molecule has 7 heteroatoms. The molecular weight excluding hydrogens is 310 g/mol. The molecule has 2 N–H and O–H groups in total. The predicted molar refractivity (Wildman–Crippen MR) is 87.3 cm³/mol. The molecule has 0 unspecified atom stereocenters. The van der Waals surface area contributed by atoms with Crippen LogP contribution in [0.4, 0.5) is 11.4 Å². The monoisotopic (exact) mass is 323 g/mol. The summed E-state index contributed by atoms with van der Waals surface area (Å²) in [5, 5.41) is 5.48. The summed E-state index contributed by atoms with van der Waals surface area (Å²) in [5.41, 5.74) is 2.85. The number of hydrogen-bond acceptors (Lipinski definition) is 5. The Hall–Kier alpha value is -3.35. The summed E-state index contributed by atoms with van der Waals surface area (Å²) in [4.78, 5) is 28.0. The highest BCUT2D eigenvalue weighted by molar-refractivity contribution is 6.06. The third kappa shape index (κ3) is 2.56. The molecule has 1 aliphatic rings. The van der Waals surface area contributed by atoms with Gasteiger partial charge in [-0.05, 0) is 36.4 Å². The summed E-state index contributed by atoms with van der Waals surface area (Å²) >= 11 is 0. The average Bonchev–Trinajstić information content (AvgIpc) is 2.93. The molecular formula is C17H13N3O4. The molecule has 2 heterocycles. The lowest BCUT2D eigenvalue weighted by atomic mass is 10.1. The van der Waals surface area contributed by atoms with Gasteiger partial charge in [0.1, 0.15) is 11.3 Å². The van der Waals surface area contributed by atoms with Gasteiger partial charge in [-0.3, -0.25) is 9.59 Å². The van der Waals surface area contributed by atoms with Crippen molar-refractivity contribution in [3.8, 4) is 5.75 Å². The number of hydrogen-bond donors (Lipinski definition) is 2. The van der Waals surface area contributed by atoms with Crippen LogP contribution in [0.5, 0.6) is 5.75 Å². The first-order valence-corrected chi connectivity index (χ1v) is 7.34. The van der Waals surface area contributed by atoms with Crippen LogP contribution in [0.15, 0.2) is 40.8 Å². The number of ether oxygens (including phenoxy) is 1. The van der Waals surface area contributed by atoms with Gasteiger partial charge >= 0.3 is 0 Å². The first kappa shape index (κ1) is 14.3. The zero-order chi connectivity index (χ0) is 16.7. The number of aryl methyl sites for hydroxylation is 1. The van der Waals surface area contributed by atoms with E-state index >= 15 is 0 Å². The highest BCUT2D eigenvalue weighted by atomic mass is 16.5. The standard InChI is InChI=1S/C17H13N3O4/c1-9-18-13-7-11(3-5-15(13)24-9)19-17(22)10-2-4-14-12(6-10)20-16(21)8-23-14/h2-7H,8H2,1H3,(H,19,22)(H,20,21). The first-order valence-electron chi connectivity index (χ1n) is 7.34. The van der Waals surface area contributed by atoms with Gasteiger partial charge in [-0.2, -0.15) is 0 Å². The van der Waals surface area contributed by atoms with Gasteiger partial charge in [-0.1, -0.05) is 0 Å². The van der Waals surface area contributed by atoms with Crippen molar-refractivity contribution in [3.63, 3.8) is 0 Å². The maximum absolute atomic E-state index is 12.4. The Morgan fingerprint density at radius 2 is 2.12 bits per heavy atom. The maximum atomic E-state index is 12.4. The molecule has 0 saturated heterocycles. The van der Waals surface area contributed by atoms with Crippen LogP contribution in [0, 0.1) is 6.92 Å². The SMILES string of the molecule is Cc1nc2cc(NC(=O)c3ccc4c(c3)NC(=O)CO4)ccc2o1. The highest BCUT2D eigenvalue weighted by Gasteiger charge is 2.18. The Kier molecular flexibility index (Phi) is 3.19. The molecule has 0 aliphatic carbocycles. The molecule has 0 fully saturated rings. The fourth-order valence-corrected chi connectivity index (χ4v) is 2.55. The van der Waals surface area contributed by atoms with Crippen molar-refractivity contribution in [2.75, 3.05) is 17.2 Å². The smallest absolute Gasteiger partial charge is 0.262 e. The number of aromatic nitrogens is 1. The number of nitrogens with zero attached hydrogens (tertiary/aromatic N) is 1. The lowest BCUT2D eigenvalue weighted by Gasteiger charge is -2.18. The average molecular weight is 323 g/mol. The molecule has 2 aromatic carbocycles. The number of oxazole rings is 1. The third-order valence-electron chi connectivity index (χ3n) is 3.63. The minimum absolute atomic E-state index is 0.0182. The minimum atomic E-state index is -0.294. The van der Waals surface area contributed by atoms with Crippen LogP contribution in [0.25, 0.3) is 11.1 Å². The number of fused-ring (bicyclic) bond motifs is 2. The molecule has 24 heavy (non-hydrogen) atoms. The Bertz CT molecular complexity index is 977. The Balaban J connectivity index is 1.58. The summed E-state index contributed by atoms with van der Waals surface area (Å²) in [5.74, 6) is 0.577. The van der Waals surface area contributed by atoms with Gasteiger partial charge in [0.2, 0.25) is 0 Å². The second-order valence-corrected chi connectivity index (χ2v) is 5.42. The Morgan fingerprint density at radius 3 is 3.00 bits per heavy atom. The van der Waals surface area contributed by atoms with Crippen LogP contribution in [0.3, 0.4) is 0 Å². The van der Waals surface area contributed by atoms with Crippen molar-refractivity contribution in [2.45, 2.75) is 6.92 Å². The molecule has 0 spiro atoms. The molecule has 0 radical (unpaired) electrons. The van der Waals surface area contributed by atoms with Crippen LogP contribution >= 0.6 is 0 Å². The lowest BCUT2D eigenvalue weighted by Crippen LogP contribution is -2.25. The number of carbonyl (C=O) groups is 2. The van der Waals surface area contributed by atoms with E-state index in [1.807, 2.05) is 0 Å². The Morgan fingerprint density at radius 1 is 1.25 bits per heavy atom. The van der Waals surface area contributed by atoms with Gasteiger partial charge in [0.05, 0.1) is 5.69 Å². The molecule has 0 bridgehead atoms. The van der Waals surface area contributed by atoms with Gasteiger partial charge in [0.25, 0.3) is 11.8 Å². The molecule has 7 nitrogen and oxygen atoms in total. The maximum Gasteiger partial charge on any atom is 0.262 e. The molecule has 0 atom stereocenters. The van der Waals surface area contributed by atoms with Gasteiger partial charge in [0, 0.05) is 18.2 Å². The van der Waals surface area contributed by atoms with Crippen LogP contribution in [-0.2, 0) is 4.79 Å². The van der Waals surface area contributed by atoms with Crippen molar-refractivity contribution in [1.29, 1.82) is 0 Å². The second kappa shape index (κ2) is 5.38. The molecule has 3 aromatic rings. The number of carbonyl (C=O) groups excluding carboxylic acids is 2. The van der Waals surface area contributed by atoms with Gasteiger partial charge in [-0.15, -0.1) is 0 Å². The van der Waals surface area contributed by atoms with E-state index in [4.69, 9.17) is 9.15 Å². The van der Waals surface area contributed by atoms with Crippen LogP contribution in [0.1, 0.15) is 16.2 Å². The summed E-state index contributed by atoms with van der Waals surface area (Å²) in [7, 11) is 0. The number of nitrogens with one attached hydrogen (secondary N) is 2. The van der Waals surface area contributed by atoms with Crippen molar-refractivity contribution in [2.24, 2.45) is 0 Å². The van der Waals surface area contributed by atoms with Gasteiger partial charge in [-0.25, -0.2) is 4.98 Å². The normalized spacial score (nSPS) is 13.1. The second-order valence-electron chi connectivity index (χ2n) is 5.42. The van der Waals surface area contributed by atoms with Gasteiger partial charge < -0.3 is 19.8 Å². The largest absolute Gasteiger partial charge is 0.482 e. The van der Waals surface area contributed by atoms with Crippen LogP contribution in [-0.4, -0.2) is 23.4 Å². The van der Waals surface area contributed by atoms with E-state index in [2.05, 4.69) is 15.6 Å². The van der Waals surface area contributed by atoms with E-state index in [1.165, 1.54) is 0 Å². The first-order chi connectivity index (χ1) is 11.6. The molecule has 1 aromatic heterocycles. The summed E-state index contributed by atoms with van der Waals surface area (Å²) in [6, 6.07) is 10.1. The zero-order valence-electron chi connectivity index (χ0n) is 12.8. The molecule has 4 rings (SSSR count). The number of rotatable bonds is 2. The fourth-order valence-electron chi connectivity index (χ4n) is 2.55. The van der Waals surface area contributed by atoms with Gasteiger partial charge in [0.15, 0.2) is 18.1 Å². The Labute approximate surface area is 136 Å². The number of anilines is 2. The third-order valence-corrected chi connectivity index (χ3v) is 3.63. The quantitative estimate of drug-likeness (QED) is 0.756. The number of benzene rings is 2. The van der Waals surface area contributed by atoms with E-state index in [1.54, 1.807) is 43.3 Å². The highest BCUT2D eigenvalue weighted by Crippen LogP contribution is 2.29. The van der Waals surface area contributed by atoms with Crippen molar-refractivity contribution < 1.29 is 18.7 Å². The summed E-state index contributed by atoms with van der Waals surface area (Å²) < 4.78 is 10.7. The molecule has 2 amide bonds. The zero-order valence-corrected chi connectivity index (χ0v) is 12.8. The van der Waals surface area contributed by atoms with Crippen molar-refractivity contribution in [3.05, 3.63) is 47.9 Å². The molecule has 1 aliphatic heterocycles. The van der Waals surface area contributed by atoms with Crippen LogP contribution in [0.2, 0.25) is 0 Å². The number of amides is 2. The van der Waals surface area contributed by atoms with E-state index in [-0.39, 0.29) is 18.4 Å². The van der Waals surface area contributed by atoms with Crippen molar-refractivity contribution >= 4 is 34.3 Å². The minimum Gasteiger partial charge on any atom is -0.482 e. The van der Waals surface area contributed by atoms with Crippen molar-refractivity contribution in [1.82, 2.24) is 4.98 Å². The topological polar surface area (TPSA) is 93.5 Å². The summed E-state index contributed by atoms with van der Waals surface area (Å²) in [6.07, 6.45) is 0. The lowest BCUT2D eigenvalue weighted by molar-refractivity contribution is -0.118. The van der Waals surface area contributed by atoms with E-state index in [9.17, 15) is 9.59 Å². The fraction of sp³-hybridized carbons (Fsp3) is 0.118. The molecule has 120 valence electrons. The van der Waals surface area contributed by atoms with E-state index < -0.39 is 0 Å².